The summed E-state index contributed by atoms with van der Waals surface area (Å²) in [6.45, 7) is 3.60. The molecule has 1 fully saturated rings. The van der Waals surface area contributed by atoms with E-state index in [2.05, 4.69) is 24.8 Å². The normalized spacial score (nSPS) is 17.7. The number of hydrogen-bond acceptors (Lipinski definition) is 9. The van der Waals surface area contributed by atoms with E-state index in [4.69, 9.17) is 4.74 Å². The molecule has 1 saturated heterocycles. The summed E-state index contributed by atoms with van der Waals surface area (Å²) in [6.07, 6.45) is -10.1. The topological polar surface area (TPSA) is 112 Å². The fourth-order valence-corrected chi connectivity index (χ4v) is 6.27. The van der Waals surface area contributed by atoms with Gasteiger partial charge in [-0.3, -0.25) is 9.97 Å². The van der Waals surface area contributed by atoms with Gasteiger partial charge in [-0.1, -0.05) is 0 Å². The number of anilines is 1. The number of aryl methyl sites for hydroxylation is 1. The second kappa shape index (κ2) is 11.1. The molecule has 17 heteroatoms. The molecule has 0 aromatic carbocycles. The molecule has 5 rings (SSSR count). The van der Waals surface area contributed by atoms with Crippen molar-refractivity contribution in [1.29, 1.82) is 0 Å². The second-order valence-corrected chi connectivity index (χ2v) is 12.7. The highest BCUT2D eigenvalue weighted by atomic mass is 32.2. The van der Waals surface area contributed by atoms with E-state index in [1.165, 1.54) is 36.4 Å². The molecule has 4 aromatic heterocycles. The van der Waals surface area contributed by atoms with Gasteiger partial charge in [-0.25, -0.2) is 13.1 Å². The standard InChI is InChI=1S/C27H26F6N6O4S/c1-14-18-11-35-39(21(18)9-20(36-14)19-10-34-6-5-22(19)42-3)23-7-17(38-12-16(15(38)2)13-44(4,40)41)8-24(37-23)43-25(26(28,29)30)27(31,32)33/h5-11,15-16,25H,12-13H2,1-4H3/t15-,16-/m1/s1. The number of ether oxygens (including phenoxy) is 2. The average Bonchev–Trinajstić information content (AvgIpc) is 3.36. The molecule has 236 valence electrons. The molecule has 1 aliphatic rings. The first-order valence-electron chi connectivity index (χ1n) is 13.1. The molecule has 0 aliphatic carbocycles. The highest BCUT2D eigenvalue weighted by Crippen LogP contribution is 2.39. The van der Waals surface area contributed by atoms with Crippen molar-refractivity contribution in [3.8, 4) is 28.7 Å². The fraction of sp³-hybridized carbons (Fsp3) is 0.407. The van der Waals surface area contributed by atoms with Crippen molar-refractivity contribution >= 4 is 26.4 Å². The summed E-state index contributed by atoms with van der Waals surface area (Å²) in [4.78, 5) is 14.3. The largest absolute Gasteiger partial charge is 0.496 e. The highest BCUT2D eigenvalue weighted by molar-refractivity contribution is 7.90. The minimum absolute atomic E-state index is 0.132. The number of halogens is 6. The van der Waals surface area contributed by atoms with Crippen LogP contribution in [0.1, 0.15) is 12.6 Å². The number of nitrogens with zero attached hydrogens (tertiary/aromatic N) is 6. The van der Waals surface area contributed by atoms with Gasteiger partial charge in [0.05, 0.1) is 35.8 Å². The van der Waals surface area contributed by atoms with E-state index in [1.54, 1.807) is 30.9 Å². The molecule has 0 bridgehead atoms. The quantitative estimate of drug-likeness (QED) is 0.247. The van der Waals surface area contributed by atoms with E-state index in [0.717, 1.165) is 12.3 Å². The van der Waals surface area contributed by atoms with Crippen LogP contribution in [0, 0.1) is 12.8 Å². The lowest BCUT2D eigenvalue weighted by molar-refractivity contribution is -0.300. The Hall–Kier alpha value is -4.15. The van der Waals surface area contributed by atoms with Gasteiger partial charge in [0, 0.05) is 66.1 Å². The zero-order valence-electron chi connectivity index (χ0n) is 23.7. The predicted molar refractivity (Wildman–Crippen MR) is 148 cm³/mol. The van der Waals surface area contributed by atoms with Crippen molar-refractivity contribution in [2.75, 3.05) is 30.6 Å². The maximum absolute atomic E-state index is 13.4. The van der Waals surface area contributed by atoms with Crippen molar-refractivity contribution < 1.29 is 44.2 Å². The number of pyridine rings is 3. The minimum atomic E-state index is -5.78. The van der Waals surface area contributed by atoms with Crippen LogP contribution in [0.5, 0.6) is 11.6 Å². The Morgan fingerprint density at radius 2 is 1.77 bits per heavy atom. The van der Waals surface area contributed by atoms with Crippen LogP contribution in [0.2, 0.25) is 0 Å². The first-order chi connectivity index (χ1) is 20.5. The molecule has 44 heavy (non-hydrogen) atoms. The summed E-state index contributed by atoms with van der Waals surface area (Å²) in [5, 5.41) is 4.86. The highest BCUT2D eigenvalue weighted by Gasteiger charge is 2.59. The molecule has 0 amide bonds. The van der Waals surface area contributed by atoms with Gasteiger partial charge in [0.15, 0.2) is 5.82 Å². The van der Waals surface area contributed by atoms with Crippen LogP contribution >= 0.6 is 0 Å². The van der Waals surface area contributed by atoms with Crippen molar-refractivity contribution in [3.05, 3.63) is 48.5 Å². The molecule has 5 heterocycles. The van der Waals surface area contributed by atoms with Crippen LogP contribution in [0.25, 0.3) is 28.0 Å². The first-order valence-corrected chi connectivity index (χ1v) is 15.1. The fourth-order valence-electron chi connectivity index (χ4n) is 5.11. The van der Waals surface area contributed by atoms with Crippen molar-refractivity contribution in [2.45, 2.75) is 38.3 Å². The SMILES string of the molecule is COc1ccncc1-c1cc2c(cnn2-c2cc(N3C[C@H](CS(C)(=O)=O)[C@H]3C)cc(OC(C(F)(F)F)C(F)(F)F)n2)c(C)n1. The van der Waals surface area contributed by atoms with E-state index >= 15 is 0 Å². The molecule has 10 nitrogen and oxygen atoms in total. The number of fused-ring (bicyclic) bond motifs is 1. The molecule has 4 aromatic rings. The number of hydrogen-bond donors (Lipinski definition) is 0. The van der Waals surface area contributed by atoms with Gasteiger partial charge in [-0.05, 0) is 26.0 Å². The summed E-state index contributed by atoms with van der Waals surface area (Å²) < 4.78 is 115. The minimum Gasteiger partial charge on any atom is -0.496 e. The van der Waals surface area contributed by atoms with E-state index in [9.17, 15) is 34.8 Å². The predicted octanol–water partition coefficient (Wildman–Crippen LogP) is 4.94. The van der Waals surface area contributed by atoms with Crippen LogP contribution in [0.3, 0.4) is 0 Å². The lowest BCUT2D eigenvalue weighted by atomic mass is 9.91. The number of aromatic nitrogens is 5. The molecule has 0 unspecified atom stereocenters. The number of sulfone groups is 1. The van der Waals surface area contributed by atoms with E-state index in [0.29, 0.717) is 33.6 Å². The summed E-state index contributed by atoms with van der Waals surface area (Å²) in [7, 11) is -1.86. The van der Waals surface area contributed by atoms with E-state index in [-0.39, 0.29) is 29.7 Å². The zero-order valence-corrected chi connectivity index (χ0v) is 24.5. The third-order valence-electron chi connectivity index (χ3n) is 7.31. The molecule has 2 atom stereocenters. The van der Waals surface area contributed by atoms with Gasteiger partial charge in [0.2, 0.25) is 5.88 Å². The third-order valence-corrected chi connectivity index (χ3v) is 8.35. The Labute approximate surface area is 247 Å². The Morgan fingerprint density at radius 3 is 2.39 bits per heavy atom. The summed E-state index contributed by atoms with van der Waals surface area (Å²) >= 11 is 0. The summed E-state index contributed by atoms with van der Waals surface area (Å²) in [5.74, 6) is -1.05. The maximum atomic E-state index is 13.4. The number of rotatable bonds is 8. The van der Waals surface area contributed by atoms with Gasteiger partial charge in [0.25, 0.3) is 6.10 Å². The lowest BCUT2D eigenvalue weighted by Crippen LogP contribution is -2.57. The number of methoxy groups -OCH3 is 1. The molecule has 0 radical (unpaired) electrons. The van der Waals surface area contributed by atoms with E-state index in [1.807, 2.05) is 0 Å². The molecule has 0 saturated carbocycles. The Kier molecular flexibility index (Phi) is 7.88. The van der Waals surface area contributed by atoms with Crippen molar-refractivity contribution in [2.24, 2.45) is 5.92 Å². The first kappa shape index (κ1) is 31.3. The van der Waals surface area contributed by atoms with Crippen LogP contribution in [-0.4, -0.2) is 83.3 Å². The Balaban J connectivity index is 1.64. The lowest BCUT2D eigenvalue weighted by Gasteiger charge is -2.48. The average molecular weight is 645 g/mol. The second-order valence-electron chi connectivity index (χ2n) is 10.5. The molecule has 0 spiro atoms. The Bertz CT molecular complexity index is 1800. The van der Waals surface area contributed by atoms with Crippen LogP contribution in [0.15, 0.2) is 42.9 Å². The van der Waals surface area contributed by atoms with Crippen LogP contribution < -0.4 is 14.4 Å². The van der Waals surface area contributed by atoms with E-state index < -0.39 is 40.2 Å². The maximum Gasteiger partial charge on any atom is 0.434 e. The molecule has 1 aliphatic heterocycles. The summed E-state index contributed by atoms with van der Waals surface area (Å²) in [6, 6.07) is 5.24. The zero-order chi connectivity index (χ0) is 32.2. The van der Waals surface area contributed by atoms with Crippen LogP contribution in [-0.2, 0) is 9.84 Å². The van der Waals surface area contributed by atoms with Crippen molar-refractivity contribution in [1.82, 2.24) is 24.7 Å². The molecular formula is C27H26F6N6O4S. The van der Waals surface area contributed by atoms with Crippen molar-refractivity contribution in [3.63, 3.8) is 0 Å². The summed E-state index contributed by atoms with van der Waals surface area (Å²) in [5.41, 5.74) is 2.04. The van der Waals surface area contributed by atoms with Gasteiger partial charge in [0.1, 0.15) is 15.6 Å². The Morgan fingerprint density at radius 1 is 1.07 bits per heavy atom. The van der Waals surface area contributed by atoms with Gasteiger partial charge < -0.3 is 14.4 Å². The van der Waals surface area contributed by atoms with Gasteiger partial charge in [-0.2, -0.15) is 36.4 Å². The molecular weight excluding hydrogens is 618 g/mol. The van der Waals surface area contributed by atoms with Gasteiger partial charge in [-0.15, -0.1) is 0 Å². The monoisotopic (exact) mass is 644 g/mol. The number of alkyl halides is 6. The third kappa shape index (κ3) is 6.23. The van der Waals surface area contributed by atoms with Crippen LogP contribution in [0.4, 0.5) is 32.0 Å². The van der Waals surface area contributed by atoms with Gasteiger partial charge >= 0.3 is 12.4 Å². The smallest absolute Gasteiger partial charge is 0.434 e. The molecule has 0 N–H and O–H groups in total.